The maximum atomic E-state index is 5.06. The summed E-state index contributed by atoms with van der Waals surface area (Å²) < 4.78 is 2.64. The summed E-state index contributed by atoms with van der Waals surface area (Å²) in [6.45, 7) is 3.22. The first-order valence-electron chi connectivity index (χ1n) is 4.68. The van der Waals surface area contributed by atoms with Crippen molar-refractivity contribution in [1.29, 1.82) is 0 Å². The molecule has 0 radical (unpaired) electrons. The van der Waals surface area contributed by atoms with Gasteiger partial charge in [0.2, 0.25) is 0 Å². The van der Waals surface area contributed by atoms with Gasteiger partial charge in [-0.2, -0.15) is 16.9 Å². The Labute approximate surface area is 92.7 Å². The van der Waals surface area contributed by atoms with E-state index in [4.69, 9.17) is 12.2 Å². The first-order chi connectivity index (χ1) is 6.77. The van der Waals surface area contributed by atoms with Crippen LogP contribution < -0.4 is 0 Å². The van der Waals surface area contributed by atoms with Crippen LogP contribution in [-0.4, -0.2) is 44.3 Å². The molecule has 2 heterocycles. The Morgan fingerprint density at radius 1 is 1.50 bits per heavy atom. The minimum absolute atomic E-state index is 0.700. The summed E-state index contributed by atoms with van der Waals surface area (Å²) in [4.78, 5) is 2.42. The van der Waals surface area contributed by atoms with Gasteiger partial charge in [-0.15, -0.1) is 0 Å². The molecule has 0 aromatic carbocycles. The van der Waals surface area contributed by atoms with Crippen molar-refractivity contribution >= 4 is 24.0 Å². The van der Waals surface area contributed by atoms with Crippen molar-refractivity contribution in [2.75, 3.05) is 24.6 Å². The van der Waals surface area contributed by atoms with Crippen LogP contribution in [0.3, 0.4) is 0 Å². The van der Waals surface area contributed by atoms with Gasteiger partial charge < -0.3 is 4.57 Å². The number of H-pyrrole nitrogens is 1. The molecule has 78 valence electrons. The quantitative estimate of drug-likeness (QED) is 0.770. The molecule has 0 aliphatic carbocycles. The Balaban J connectivity index is 2.02. The van der Waals surface area contributed by atoms with Gasteiger partial charge in [-0.1, -0.05) is 0 Å². The molecule has 0 spiro atoms. The third-order valence-corrected chi connectivity index (χ3v) is 3.75. The van der Waals surface area contributed by atoms with Gasteiger partial charge in [0, 0.05) is 31.6 Å². The third-order valence-electron chi connectivity index (χ3n) is 2.44. The molecule has 0 amide bonds. The van der Waals surface area contributed by atoms with Crippen LogP contribution in [-0.2, 0) is 13.6 Å². The van der Waals surface area contributed by atoms with E-state index >= 15 is 0 Å². The van der Waals surface area contributed by atoms with Gasteiger partial charge in [0.25, 0.3) is 0 Å². The lowest BCUT2D eigenvalue weighted by Crippen LogP contribution is -2.32. The van der Waals surface area contributed by atoms with Crippen molar-refractivity contribution in [3.63, 3.8) is 0 Å². The van der Waals surface area contributed by atoms with Gasteiger partial charge in [0.1, 0.15) is 5.82 Å². The lowest BCUT2D eigenvalue weighted by Gasteiger charge is -2.25. The molecule has 6 heteroatoms. The molecular weight excluding hydrogens is 216 g/mol. The highest BCUT2D eigenvalue weighted by Gasteiger charge is 2.13. The fourth-order valence-corrected chi connectivity index (χ4v) is 2.61. The maximum Gasteiger partial charge on any atom is 0.194 e. The molecule has 0 unspecified atom stereocenters. The second-order valence-corrected chi connectivity index (χ2v) is 5.00. The molecule has 0 bridgehead atoms. The Morgan fingerprint density at radius 2 is 2.21 bits per heavy atom. The van der Waals surface area contributed by atoms with E-state index in [2.05, 4.69) is 15.1 Å². The molecule has 0 saturated carbocycles. The lowest BCUT2D eigenvalue weighted by molar-refractivity contribution is 0.283. The molecule has 1 fully saturated rings. The molecule has 1 saturated heterocycles. The summed E-state index contributed by atoms with van der Waals surface area (Å²) in [5.74, 6) is 3.49. The molecule has 1 aromatic heterocycles. The lowest BCUT2D eigenvalue weighted by atomic mass is 10.4. The molecule has 14 heavy (non-hydrogen) atoms. The molecule has 0 atom stereocenters. The smallest absolute Gasteiger partial charge is 0.194 e. The summed E-state index contributed by atoms with van der Waals surface area (Å²) in [7, 11) is 1.96. The van der Waals surface area contributed by atoms with Gasteiger partial charge in [0.05, 0.1) is 6.54 Å². The van der Waals surface area contributed by atoms with Crippen LogP contribution in [0.5, 0.6) is 0 Å². The number of thioether (sulfide) groups is 1. The minimum Gasteiger partial charge on any atom is -0.306 e. The number of aromatic nitrogens is 3. The zero-order valence-electron chi connectivity index (χ0n) is 8.19. The van der Waals surface area contributed by atoms with Crippen molar-refractivity contribution in [2.45, 2.75) is 6.54 Å². The van der Waals surface area contributed by atoms with Gasteiger partial charge in [-0.25, -0.2) is 0 Å². The number of hydrogen-bond donors (Lipinski definition) is 1. The molecule has 2 rings (SSSR count). The molecule has 1 aromatic rings. The van der Waals surface area contributed by atoms with Gasteiger partial charge in [-0.05, 0) is 12.2 Å². The number of hydrogen-bond acceptors (Lipinski definition) is 4. The van der Waals surface area contributed by atoms with E-state index in [1.165, 1.54) is 11.5 Å². The molecule has 1 aliphatic rings. The van der Waals surface area contributed by atoms with E-state index in [1.54, 1.807) is 0 Å². The van der Waals surface area contributed by atoms with E-state index < -0.39 is 0 Å². The zero-order valence-corrected chi connectivity index (χ0v) is 9.83. The summed E-state index contributed by atoms with van der Waals surface area (Å²) >= 11 is 7.09. The highest BCUT2D eigenvalue weighted by atomic mass is 32.2. The highest BCUT2D eigenvalue weighted by Crippen LogP contribution is 2.11. The average Bonchev–Trinajstić information content (AvgIpc) is 2.52. The average molecular weight is 230 g/mol. The maximum absolute atomic E-state index is 5.06. The van der Waals surface area contributed by atoms with Crippen LogP contribution in [0.4, 0.5) is 0 Å². The SMILES string of the molecule is Cn1c(CN2CCSCC2)n[nH]c1=S. The second kappa shape index (κ2) is 4.46. The Morgan fingerprint density at radius 3 is 2.79 bits per heavy atom. The Bertz CT molecular complexity index is 350. The van der Waals surface area contributed by atoms with Crippen molar-refractivity contribution in [2.24, 2.45) is 7.05 Å². The highest BCUT2D eigenvalue weighted by molar-refractivity contribution is 7.99. The Hall–Kier alpha value is -0.330. The van der Waals surface area contributed by atoms with E-state index in [0.717, 1.165) is 25.5 Å². The topological polar surface area (TPSA) is 36.9 Å². The molecular formula is C8H14N4S2. The minimum atomic E-state index is 0.700. The van der Waals surface area contributed by atoms with Crippen LogP contribution in [0, 0.1) is 4.77 Å². The predicted molar refractivity (Wildman–Crippen MR) is 61.0 cm³/mol. The first kappa shape index (κ1) is 10.2. The number of rotatable bonds is 2. The van der Waals surface area contributed by atoms with Gasteiger partial charge >= 0.3 is 0 Å². The summed E-state index contributed by atoms with van der Waals surface area (Å²) in [6, 6.07) is 0. The third kappa shape index (κ3) is 2.18. The number of aromatic amines is 1. The van der Waals surface area contributed by atoms with Crippen molar-refractivity contribution in [3.05, 3.63) is 10.6 Å². The van der Waals surface area contributed by atoms with Crippen molar-refractivity contribution in [1.82, 2.24) is 19.7 Å². The Kier molecular flexibility index (Phi) is 3.25. The second-order valence-electron chi connectivity index (χ2n) is 3.39. The summed E-state index contributed by atoms with van der Waals surface area (Å²) in [6.07, 6.45) is 0. The standard InChI is InChI=1S/C8H14N4S2/c1-11-7(9-10-8(11)13)6-12-2-4-14-5-3-12/h2-6H2,1H3,(H,10,13). The monoisotopic (exact) mass is 230 g/mol. The zero-order chi connectivity index (χ0) is 9.97. The van der Waals surface area contributed by atoms with E-state index in [9.17, 15) is 0 Å². The molecule has 1 aliphatic heterocycles. The van der Waals surface area contributed by atoms with E-state index in [1.807, 2.05) is 23.4 Å². The molecule has 1 N–H and O–H groups in total. The van der Waals surface area contributed by atoms with Crippen molar-refractivity contribution in [3.8, 4) is 0 Å². The fourth-order valence-electron chi connectivity index (χ4n) is 1.48. The summed E-state index contributed by atoms with van der Waals surface area (Å²) in [5, 5.41) is 7.02. The first-order valence-corrected chi connectivity index (χ1v) is 6.24. The summed E-state index contributed by atoms with van der Waals surface area (Å²) in [5.41, 5.74) is 0. The van der Waals surface area contributed by atoms with Crippen LogP contribution in [0.15, 0.2) is 0 Å². The van der Waals surface area contributed by atoms with Crippen LogP contribution in [0.25, 0.3) is 0 Å². The fraction of sp³-hybridized carbons (Fsp3) is 0.750. The van der Waals surface area contributed by atoms with Crippen LogP contribution in [0.2, 0.25) is 0 Å². The van der Waals surface area contributed by atoms with Crippen molar-refractivity contribution < 1.29 is 0 Å². The van der Waals surface area contributed by atoms with Gasteiger partial charge in [-0.3, -0.25) is 10.00 Å². The van der Waals surface area contributed by atoms with Gasteiger partial charge in [0.15, 0.2) is 4.77 Å². The van der Waals surface area contributed by atoms with Crippen LogP contribution in [0.1, 0.15) is 5.82 Å². The number of nitrogens with zero attached hydrogens (tertiary/aromatic N) is 3. The normalized spacial score (nSPS) is 18.6. The predicted octanol–water partition coefficient (Wildman–Crippen LogP) is 1.03. The van der Waals surface area contributed by atoms with E-state index in [-0.39, 0.29) is 0 Å². The number of nitrogens with one attached hydrogen (secondary N) is 1. The van der Waals surface area contributed by atoms with Crippen LogP contribution >= 0.6 is 24.0 Å². The largest absolute Gasteiger partial charge is 0.306 e. The van der Waals surface area contributed by atoms with E-state index in [0.29, 0.717) is 4.77 Å². The molecule has 4 nitrogen and oxygen atoms in total.